The Kier molecular flexibility index (Phi) is 6.36. The third kappa shape index (κ3) is 4.50. The fourth-order valence-electron chi connectivity index (χ4n) is 3.20. The summed E-state index contributed by atoms with van der Waals surface area (Å²) in [6, 6.07) is 15.8. The Balaban J connectivity index is 1.65. The first-order chi connectivity index (χ1) is 16.3. The average Bonchev–Trinajstić information content (AvgIpc) is 2.82. The molecule has 9 nitrogen and oxygen atoms in total. The van der Waals surface area contributed by atoms with E-state index < -0.39 is 6.03 Å². The normalized spacial score (nSPS) is 14.2. The number of nitrogens with zero attached hydrogens (tertiary/aromatic N) is 5. The highest BCUT2D eigenvalue weighted by Crippen LogP contribution is 2.39. The van der Waals surface area contributed by atoms with Crippen molar-refractivity contribution in [2.24, 2.45) is 5.10 Å². The highest BCUT2D eigenvalue weighted by Gasteiger charge is 2.26. The molecule has 0 saturated carbocycles. The molecule has 34 heavy (non-hydrogen) atoms. The maximum atomic E-state index is 12.4. The summed E-state index contributed by atoms with van der Waals surface area (Å²) in [5.74, 6) is 0.166. The second-order valence-corrected chi connectivity index (χ2v) is 7.98. The van der Waals surface area contributed by atoms with E-state index in [1.165, 1.54) is 28.9 Å². The summed E-state index contributed by atoms with van der Waals surface area (Å²) in [6.07, 6.45) is 0. The van der Waals surface area contributed by atoms with Gasteiger partial charge in [0.15, 0.2) is 11.5 Å². The van der Waals surface area contributed by atoms with Crippen LogP contribution in [0.25, 0.3) is 0 Å². The Hall–Kier alpha value is -4.13. The summed E-state index contributed by atoms with van der Waals surface area (Å²) in [6.45, 7) is 5.41. The monoisotopic (exact) mass is 494 g/mol. The first-order valence-electron chi connectivity index (χ1n) is 9.89. The van der Waals surface area contributed by atoms with E-state index in [0.717, 1.165) is 10.6 Å². The molecule has 1 unspecified atom stereocenters. The molecule has 4 rings (SSSR count). The topological polar surface area (TPSA) is 113 Å². The Labute approximate surface area is 204 Å². The molecule has 0 radical (unpaired) electrons. The van der Waals surface area contributed by atoms with Crippen LogP contribution in [0.3, 0.4) is 0 Å². The molecule has 170 valence electrons. The maximum absolute atomic E-state index is 12.4. The first kappa shape index (κ1) is 23.0. The van der Waals surface area contributed by atoms with Gasteiger partial charge in [-0.1, -0.05) is 60.1 Å². The molecule has 2 amide bonds. The molecule has 2 heterocycles. The Morgan fingerprint density at radius 1 is 1.12 bits per heavy atom. The smallest absolute Gasteiger partial charge is 0.347 e. The lowest BCUT2D eigenvalue weighted by Crippen LogP contribution is -2.42. The standard InChI is InChI=1S/C23H16Cl2N6O3/c1-13-19(12-26)28-31(23(33)27-13)16-10-17(24)22(18(25)11-16)34-20-8-9-21(32)30(29-20)14(2)15-6-4-3-5-7-15/h3-11,14H,1H2,2H3,(H,27,33). The minimum absolute atomic E-state index is 0.0593. The number of carbonyl (C=O) groups excluding carboxylic acids is 1. The van der Waals surface area contributed by atoms with Crippen LogP contribution in [0.15, 0.2) is 76.8 Å². The average molecular weight is 495 g/mol. The minimum Gasteiger partial charge on any atom is -0.434 e. The van der Waals surface area contributed by atoms with Gasteiger partial charge >= 0.3 is 6.03 Å². The van der Waals surface area contributed by atoms with Gasteiger partial charge in [0.05, 0.1) is 27.5 Å². The number of hydrogen-bond acceptors (Lipinski definition) is 6. The number of aromatic nitrogens is 2. The van der Waals surface area contributed by atoms with Gasteiger partial charge < -0.3 is 10.1 Å². The summed E-state index contributed by atoms with van der Waals surface area (Å²) < 4.78 is 7.09. The number of halogens is 2. The number of carbonyl (C=O) groups is 1. The van der Waals surface area contributed by atoms with Crippen molar-refractivity contribution in [3.05, 3.63) is 92.8 Å². The van der Waals surface area contributed by atoms with Crippen LogP contribution in [-0.2, 0) is 0 Å². The summed E-state index contributed by atoms with van der Waals surface area (Å²) in [4.78, 5) is 24.7. The molecule has 0 aliphatic carbocycles. The summed E-state index contributed by atoms with van der Waals surface area (Å²) >= 11 is 12.8. The van der Waals surface area contributed by atoms with Gasteiger partial charge in [-0.25, -0.2) is 9.48 Å². The molecule has 0 fully saturated rings. The zero-order valence-electron chi connectivity index (χ0n) is 17.7. The van der Waals surface area contributed by atoms with Crippen molar-refractivity contribution in [3.8, 4) is 17.7 Å². The van der Waals surface area contributed by atoms with E-state index in [0.29, 0.717) is 0 Å². The lowest BCUT2D eigenvalue weighted by atomic mass is 10.1. The Morgan fingerprint density at radius 2 is 1.79 bits per heavy atom. The number of anilines is 1. The van der Waals surface area contributed by atoms with E-state index >= 15 is 0 Å². The molecular weight excluding hydrogens is 479 g/mol. The van der Waals surface area contributed by atoms with Crippen LogP contribution in [0.5, 0.6) is 11.6 Å². The zero-order chi connectivity index (χ0) is 24.4. The minimum atomic E-state index is -0.631. The molecule has 2 aromatic carbocycles. The molecular formula is C23H16Cl2N6O3. The fourth-order valence-corrected chi connectivity index (χ4v) is 3.75. The molecule has 11 heteroatoms. The van der Waals surface area contributed by atoms with Gasteiger partial charge in [0.2, 0.25) is 5.88 Å². The number of nitriles is 1. The molecule has 3 aromatic rings. The van der Waals surface area contributed by atoms with Gasteiger partial charge in [0, 0.05) is 12.1 Å². The molecule has 1 aromatic heterocycles. The van der Waals surface area contributed by atoms with Gasteiger partial charge in [-0.15, -0.1) is 5.10 Å². The number of hydrazone groups is 1. The van der Waals surface area contributed by atoms with Crippen LogP contribution in [-0.4, -0.2) is 21.5 Å². The van der Waals surface area contributed by atoms with Crippen LogP contribution in [0.2, 0.25) is 10.0 Å². The number of hydrogen-bond donors (Lipinski definition) is 1. The quantitative estimate of drug-likeness (QED) is 0.543. The van der Waals surface area contributed by atoms with Gasteiger partial charge in [-0.3, -0.25) is 4.79 Å². The lowest BCUT2D eigenvalue weighted by molar-refractivity contribution is 0.248. The number of rotatable bonds is 5. The van der Waals surface area contributed by atoms with Crippen molar-refractivity contribution in [2.45, 2.75) is 13.0 Å². The van der Waals surface area contributed by atoms with Crippen LogP contribution in [0.4, 0.5) is 10.5 Å². The van der Waals surface area contributed by atoms with E-state index in [9.17, 15) is 9.59 Å². The van der Waals surface area contributed by atoms with Gasteiger partial charge in [-0.05, 0) is 24.6 Å². The molecule has 0 spiro atoms. The third-order valence-corrected chi connectivity index (χ3v) is 5.49. The van der Waals surface area contributed by atoms with Crippen LogP contribution < -0.4 is 20.6 Å². The van der Waals surface area contributed by atoms with Gasteiger partial charge in [-0.2, -0.15) is 15.4 Å². The van der Waals surface area contributed by atoms with Crippen molar-refractivity contribution >= 4 is 40.6 Å². The highest BCUT2D eigenvalue weighted by molar-refractivity contribution is 6.37. The van der Waals surface area contributed by atoms with Crippen molar-refractivity contribution in [3.63, 3.8) is 0 Å². The molecule has 1 N–H and O–H groups in total. The number of urea groups is 1. The molecule has 1 aliphatic rings. The summed E-state index contributed by atoms with van der Waals surface area (Å²) in [7, 11) is 0. The van der Waals surface area contributed by atoms with E-state index in [1.807, 2.05) is 43.3 Å². The number of nitrogens with one attached hydrogen (secondary N) is 1. The molecule has 1 aliphatic heterocycles. The summed E-state index contributed by atoms with van der Waals surface area (Å²) in [5, 5.41) is 20.9. The lowest BCUT2D eigenvalue weighted by Gasteiger charge is -2.24. The van der Waals surface area contributed by atoms with Crippen molar-refractivity contribution in [1.29, 1.82) is 5.26 Å². The SMILES string of the molecule is C=C1NC(=O)N(c2cc(Cl)c(Oc3ccc(=O)n(C(C)c4ccccc4)n3)c(Cl)c2)N=C1C#N. The second-order valence-electron chi connectivity index (χ2n) is 7.16. The van der Waals surface area contributed by atoms with Crippen molar-refractivity contribution < 1.29 is 9.53 Å². The van der Waals surface area contributed by atoms with Crippen LogP contribution >= 0.6 is 23.2 Å². The number of amides is 2. The summed E-state index contributed by atoms with van der Waals surface area (Å²) in [5.41, 5.74) is 0.822. The Bertz CT molecular complexity index is 1410. The van der Waals surface area contributed by atoms with E-state index in [-0.39, 0.29) is 50.4 Å². The van der Waals surface area contributed by atoms with Crippen molar-refractivity contribution in [1.82, 2.24) is 15.1 Å². The van der Waals surface area contributed by atoms with E-state index in [4.69, 9.17) is 33.2 Å². The fraction of sp³-hybridized carbons (Fsp3) is 0.0870. The molecule has 1 atom stereocenters. The maximum Gasteiger partial charge on any atom is 0.347 e. The van der Waals surface area contributed by atoms with Crippen LogP contribution in [0.1, 0.15) is 18.5 Å². The van der Waals surface area contributed by atoms with Gasteiger partial charge in [0.1, 0.15) is 6.07 Å². The molecule has 0 bridgehead atoms. The zero-order valence-corrected chi connectivity index (χ0v) is 19.2. The predicted octanol–water partition coefficient (Wildman–Crippen LogP) is 4.87. The van der Waals surface area contributed by atoms with E-state index in [1.54, 1.807) is 0 Å². The first-order valence-corrected chi connectivity index (χ1v) is 10.6. The van der Waals surface area contributed by atoms with Crippen molar-refractivity contribution in [2.75, 3.05) is 5.01 Å². The highest BCUT2D eigenvalue weighted by atomic mass is 35.5. The number of allylic oxidation sites excluding steroid dienone is 1. The Morgan fingerprint density at radius 3 is 2.44 bits per heavy atom. The number of benzene rings is 2. The third-order valence-electron chi connectivity index (χ3n) is 4.93. The van der Waals surface area contributed by atoms with Gasteiger partial charge in [0.25, 0.3) is 5.56 Å². The van der Waals surface area contributed by atoms with E-state index in [2.05, 4.69) is 22.1 Å². The van der Waals surface area contributed by atoms with Crippen LogP contribution in [0, 0.1) is 11.3 Å². The second kappa shape index (κ2) is 9.39. The molecule has 0 saturated heterocycles. The largest absolute Gasteiger partial charge is 0.434 e. The number of ether oxygens (including phenoxy) is 1. The predicted molar refractivity (Wildman–Crippen MR) is 128 cm³/mol.